The first-order valence-electron chi connectivity index (χ1n) is 10.4. The highest BCUT2D eigenvalue weighted by Crippen LogP contribution is 2.28. The zero-order chi connectivity index (χ0) is 22.7. The topological polar surface area (TPSA) is 69.0 Å². The number of thioether (sulfide) groups is 1. The first-order valence-corrected chi connectivity index (χ1v) is 11.4. The van der Waals surface area contributed by atoms with Crippen molar-refractivity contribution in [2.45, 2.75) is 32.5 Å². The molecule has 0 aliphatic heterocycles. The number of amides is 1. The lowest BCUT2D eigenvalue weighted by Crippen LogP contribution is -2.16. The molecule has 4 aromatic rings. The Labute approximate surface area is 192 Å². The molecule has 0 spiro atoms. The van der Waals surface area contributed by atoms with E-state index in [4.69, 9.17) is 4.74 Å². The van der Waals surface area contributed by atoms with E-state index in [0.717, 1.165) is 28.1 Å². The minimum absolute atomic E-state index is 0.0695. The largest absolute Gasteiger partial charge is 0.485 e. The van der Waals surface area contributed by atoms with Crippen molar-refractivity contribution in [3.63, 3.8) is 0 Å². The van der Waals surface area contributed by atoms with Gasteiger partial charge in [0.2, 0.25) is 5.91 Å². The van der Waals surface area contributed by atoms with Crippen LogP contribution in [0.2, 0.25) is 0 Å². The minimum Gasteiger partial charge on any atom is -0.485 e. The molecule has 32 heavy (non-hydrogen) atoms. The fraction of sp³-hybridized carbons (Fsp3) is 0.240. The predicted octanol–water partition coefficient (Wildman–Crippen LogP) is 5.20. The fourth-order valence-electron chi connectivity index (χ4n) is 3.62. The van der Waals surface area contributed by atoms with E-state index < -0.39 is 0 Å². The second-order valence-electron chi connectivity index (χ2n) is 7.76. The molecule has 1 aromatic heterocycles. The summed E-state index contributed by atoms with van der Waals surface area (Å²) in [4.78, 5) is 12.4. The Kier molecular flexibility index (Phi) is 6.46. The zero-order valence-electron chi connectivity index (χ0n) is 18.7. The van der Waals surface area contributed by atoms with Crippen molar-refractivity contribution in [2.24, 2.45) is 7.05 Å². The van der Waals surface area contributed by atoms with Gasteiger partial charge in [-0.05, 0) is 54.3 Å². The lowest BCUT2D eigenvalue weighted by Gasteiger charge is -2.12. The number of aromatic nitrogens is 3. The number of rotatable bonds is 7. The average Bonchev–Trinajstić information content (AvgIpc) is 3.14. The molecule has 3 aromatic carbocycles. The van der Waals surface area contributed by atoms with Gasteiger partial charge in [-0.25, -0.2) is 0 Å². The van der Waals surface area contributed by atoms with E-state index in [1.54, 1.807) is 0 Å². The number of aryl methyl sites for hydroxylation is 3. The molecule has 0 radical (unpaired) electrons. The van der Waals surface area contributed by atoms with Gasteiger partial charge in [0, 0.05) is 12.7 Å². The molecule has 7 heteroatoms. The van der Waals surface area contributed by atoms with E-state index >= 15 is 0 Å². The molecule has 6 nitrogen and oxygen atoms in total. The van der Waals surface area contributed by atoms with Crippen molar-refractivity contribution < 1.29 is 9.53 Å². The summed E-state index contributed by atoms with van der Waals surface area (Å²) in [5, 5.41) is 14.5. The van der Waals surface area contributed by atoms with Crippen molar-refractivity contribution in [3.8, 4) is 5.75 Å². The van der Waals surface area contributed by atoms with Crippen molar-refractivity contribution in [3.05, 3.63) is 77.1 Å². The van der Waals surface area contributed by atoms with E-state index in [-0.39, 0.29) is 11.7 Å². The van der Waals surface area contributed by atoms with Crippen LogP contribution in [0.25, 0.3) is 10.8 Å². The highest BCUT2D eigenvalue weighted by molar-refractivity contribution is 7.99. The molecule has 0 unspecified atom stereocenters. The Morgan fingerprint density at radius 2 is 1.75 bits per heavy atom. The summed E-state index contributed by atoms with van der Waals surface area (Å²) in [7, 11) is 1.89. The highest BCUT2D eigenvalue weighted by Gasteiger charge is 2.14. The summed E-state index contributed by atoms with van der Waals surface area (Å²) in [5.74, 6) is 1.72. The maximum Gasteiger partial charge on any atom is 0.234 e. The summed E-state index contributed by atoms with van der Waals surface area (Å²) in [6.07, 6.45) is 0. The van der Waals surface area contributed by atoms with Crippen LogP contribution in [0.4, 0.5) is 5.69 Å². The molecule has 1 heterocycles. The van der Waals surface area contributed by atoms with Gasteiger partial charge in [0.25, 0.3) is 0 Å². The van der Waals surface area contributed by atoms with Crippen LogP contribution in [0.5, 0.6) is 5.75 Å². The molecular weight excluding hydrogens is 420 g/mol. The molecule has 164 valence electrons. The molecule has 0 atom stereocenters. The lowest BCUT2D eigenvalue weighted by atomic mass is 10.0. The summed E-state index contributed by atoms with van der Waals surface area (Å²) < 4.78 is 7.91. The maximum absolute atomic E-state index is 12.4. The Morgan fingerprint density at radius 3 is 2.53 bits per heavy atom. The number of fused-ring (bicyclic) bond motifs is 1. The van der Waals surface area contributed by atoms with Gasteiger partial charge < -0.3 is 14.6 Å². The van der Waals surface area contributed by atoms with E-state index in [1.165, 1.54) is 22.5 Å². The summed E-state index contributed by atoms with van der Waals surface area (Å²) in [6.45, 7) is 6.34. The van der Waals surface area contributed by atoms with Gasteiger partial charge in [-0.1, -0.05) is 60.3 Å². The number of benzene rings is 3. The standard InChI is InChI=1S/C25H26N4O2S/c1-16-8-7-9-17(2)24(16)26-23(30)15-32-25-28-27-22(29(25)4)14-31-21-13-12-19-10-5-6-11-20(19)18(21)3/h5-13H,14-15H2,1-4H3,(H,26,30). The van der Waals surface area contributed by atoms with Gasteiger partial charge >= 0.3 is 0 Å². The first kappa shape index (κ1) is 21.9. The molecule has 0 saturated carbocycles. The molecule has 0 fully saturated rings. The van der Waals surface area contributed by atoms with E-state index in [0.29, 0.717) is 17.6 Å². The van der Waals surface area contributed by atoms with Crippen LogP contribution in [-0.2, 0) is 18.4 Å². The molecule has 0 bridgehead atoms. The molecule has 1 N–H and O–H groups in total. The van der Waals surface area contributed by atoms with Gasteiger partial charge in [-0.15, -0.1) is 10.2 Å². The predicted molar refractivity (Wildman–Crippen MR) is 129 cm³/mol. The van der Waals surface area contributed by atoms with E-state index in [9.17, 15) is 4.79 Å². The zero-order valence-corrected chi connectivity index (χ0v) is 19.5. The Bertz CT molecular complexity index is 1260. The van der Waals surface area contributed by atoms with Crippen LogP contribution in [0.1, 0.15) is 22.5 Å². The molecule has 1 amide bonds. The Morgan fingerprint density at radius 1 is 1.00 bits per heavy atom. The third kappa shape index (κ3) is 4.62. The third-order valence-corrected chi connectivity index (χ3v) is 6.53. The van der Waals surface area contributed by atoms with Crippen LogP contribution in [0.15, 0.2) is 59.8 Å². The summed E-state index contributed by atoms with van der Waals surface area (Å²) in [5.41, 5.74) is 4.06. The average molecular weight is 447 g/mol. The quantitative estimate of drug-likeness (QED) is 0.395. The molecular formula is C25H26N4O2S. The third-order valence-electron chi connectivity index (χ3n) is 5.51. The molecule has 0 saturated heterocycles. The normalized spacial score (nSPS) is 11.0. The van der Waals surface area contributed by atoms with Gasteiger partial charge in [0.1, 0.15) is 12.4 Å². The number of carbonyl (C=O) groups excluding carboxylic acids is 1. The van der Waals surface area contributed by atoms with Crippen LogP contribution >= 0.6 is 11.8 Å². The Balaban J connectivity index is 1.37. The van der Waals surface area contributed by atoms with Crippen LogP contribution in [0.3, 0.4) is 0 Å². The second-order valence-corrected chi connectivity index (χ2v) is 8.70. The van der Waals surface area contributed by atoms with E-state index in [2.05, 4.69) is 40.6 Å². The van der Waals surface area contributed by atoms with Gasteiger partial charge in [0.15, 0.2) is 11.0 Å². The number of nitrogens with one attached hydrogen (secondary N) is 1. The van der Waals surface area contributed by atoms with Crippen LogP contribution in [0, 0.1) is 20.8 Å². The number of hydrogen-bond donors (Lipinski definition) is 1. The number of carbonyl (C=O) groups is 1. The summed E-state index contributed by atoms with van der Waals surface area (Å²) in [6, 6.07) is 18.3. The monoisotopic (exact) mass is 446 g/mol. The van der Waals surface area contributed by atoms with Crippen molar-refractivity contribution in [1.82, 2.24) is 14.8 Å². The molecule has 0 aliphatic rings. The van der Waals surface area contributed by atoms with Gasteiger partial charge in [-0.3, -0.25) is 4.79 Å². The second kappa shape index (κ2) is 9.44. The SMILES string of the molecule is Cc1cccc(C)c1NC(=O)CSc1nnc(COc2ccc3ccccc3c2C)n1C. The minimum atomic E-state index is -0.0695. The number of para-hydroxylation sites is 1. The van der Waals surface area contributed by atoms with Crippen molar-refractivity contribution in [2.75, 3.05) is 11.1 Å². The maximum atomic E-state index is 12.4. The Hall–Kier alpha value is -3.32. The number of nitrogens with zero attached hydrogens (tertiary/aromatic N) is 3. The molecule has 0 aliphatic carbocycles. The number of anilines is 1. The number of hydrogen-bond acceptors (Lipinski definition) is 5. The highest BCUT2D eigenvalue weighted by atomic mass is 32.2. The summed E-state index contributed by atoms with van der Waals surface area (Å²) >= 11 is 1.36. The first-order chi connectivity index (χ1) is 15.4. The van der Waals surface area contributed by atoms with Gasteiger partial charge in [0.05, 0.1) is 5.75 Å². The fourth-order valence-corrected chi connectivity index (χ4v) is 4.35. The van der Waals surface area contributed by atoms with Crippen molar-refractivity contribution in [1.29, 1.82) is 0 Å². The smallest absolute Gasteiger partial charge is 0.234 e. The van der Waals surface area contributed by atoms with E-state index in [1.807, 2.05) is 61.9 Å². The van der Waals surface area contributed by atoms with Gasteiger partial charge in [-0.2, -0.15) is 0 Å². The van der Waals surface area contributed by atoms with Crippen LogP contribution < -0.4 is 10.1 Å². The number of ether oxygens (including phenoxy) is 1. The van der Waals surface area contributed by atoms with Crippen molar-refractivity contribution >= 4 is 34.1 Å². The molecule has 4 rings (SSSR count). The lowest BCUT2D eigenvalue weighted by molar-refractivity contribution is -0.113. The van der Waals surface area contributed by atoms with Crippen LogP contribution in [-0.4, -0.2) is 26.4 Å².